The van der Waals surface area contributed by atoms with Crippen LogP contribution >= 0.6 is 0 Å². The smallest absolute Gasteiger partial charge is 0.612 e. The molecule has 0 aliphatic rings. The van der Waals surface area contributed by atoms with Crippen molar-refractivity contribution in [1.29, 1.82) is 0 Å². The molecule has 2 aromatic rings. The van der Waals surface area contributed by atoms with Crippen molar-refractivity contribution >= 4 is 14.8 Å². The Hall–Kier alpha value is -1.57. The molecule has 0 spiro atoms. The molecule has 2 rings (SSSR count). The van der Waals surface area contributed by atoms with Crippen LogP contribution in [0.4, 0.5) is 8.78 Å². The summed E-state index contributed by atoms with van der Waals surface area (Å²) in [6.07, 6.45) is 0. The van der Waals surface area contributed by atoms with Gasteiger partial charge in [-0.25, -0.2) is 8.78 Å². The first-order valence-electron chi connectivity index (χ1n) is 6.02. The average Bonchev–Trinajstić information content (AvgIpc) is 2.43. The van der Waals surface area contributed by atoms with E-state index in [1.54, 1.807) is 24.3 Å². The summed E-state index contributed by atoms with van der Waals surface area (Å²) >= 11 is -1.94. The number of hydrogen-bond donors (Lipinski definition) is 0. The number of rotatable bonds is 5. The van der Waals surface area contributed by atoms with Gasteiger partial charge in [-0.2, -0.15) is 0 Å². The molecule has 0 amide bonds. The molecule has 0 N–H and O–H groups in total. The SMILES string of the molecule is C[CH2][Al]([O]c1ccc(F)cc1)[O]c1ccc(F)cc1. The summed E-state index contributed by atoms with van der Waals surface area (Å²) in [4.78, 5) is 0. The first-order valence-corrected chi connectivity index (χ1v) is 7.78. The summed E-state index contributed by atoms with van der Waals surface area (Å²) in [6, 6.07) is 11.6. The van der Waals surface area contributed by atoms with Crippen LogP contribution in [-0.2, 0) is 0 Å². The minimum Gasteiger partial charge on any atom is -0.612 e. The van der Waals surface area contributed by atoms with Gasteiger partial charge in [0.2, 0.25) is 0 Å². The van der Waals surface area contributed by atoms with Crippen LogP contribution in [0, 0.1) is 11.6 Å². The second-order valence-corrected chi connectivity index (χ2v) is 6.13. The van der Waals surface area contributed by atoms with Crippen LogP contribution in [0.25, 0.3) is 0 Å². The van der Waals surface area contributed by atoms with Gasteiger partial charge in [0.05, 0.1) is 11.5 Å². The van der Waals surface area contributed by atoms with Gasteiger partial charge < -0.3 is 7.58 Å². The van der Waals surface area contributed by atoms with Crippen molar-refractivity contribution in [3.8, 4) is 11.5 Å². The van der Waals surface area contributed by atoms with E-state index in [2.05, 4.69) is 0 Å². The predicted octanol–water partition coefficient (Wildman–Crippen LogP) is 3.93. The molecule has 0 saturated heterocycles. The molecule has 0 unspecified atom stereocenters. The molecule has 0 aliphatic heterocycles. The van der Waals surface area contributed by atoms with Gasteiger partial charge in [0.25, 0.3) is 0 Å². The Labute approximate surface area is 115 Å². The van der Waals surface area contributed by atoms with E-state index in [1.807, 2.05) is 6.92 Å². The van der Waals surface area contributed by atoms with Crippen molar-refractivity contribution in [1.82, 2.24) is 0 Å². The first kappa shape index (κ1) is 13.9. The predicted molar refractivity (Wildman–Crippen MR) is 70.3 cm³/mol. The van der Waals surface area contributed by atoms with Crippen LogP contribution in [0.5, 0.6) is 11.5 Å². The molecule has 0 aromatic heterocycles. The zero-order chi connectivity index (χ0) is 13.7. The van der Waals surface area contributed by atoms with E-state index in [0.29, 0.717) is 11.5 Å². The van der Waals surface area contributed by atoms with Crippen LogP contribution in [0.3, 0.4) is 0 Å². The zero-order valence-electron chi connectivity index (χ0n) is 10.5. The van der Waals surface area contributed by atoms with E-state index in [0.717, 1.165) is 5.28 Å². The van der Waals surface area contributed by atoms with Crippen LogP contribution in [0.1, 0.15) is 6.92 Å². The molecule has 2 nitrogen and oxygen atoms in total. The van der Waals surface area contributed by atoms with Gasteiger partial charge in [0, 0.05) is 0 Å². The molecule has 5 heteroatoms. The molecule has 0 heterocycles. The topological polar surface area (TPSA) is 18.5 Å². The lowest BCUT2D eigenvalue weighted by molar-refractivity contribution is 0.421. The highest BCUT2D eigenvalue weighted by molar-refractivity contribution is 6.46. The maximum Gasteiger partial charge on any atom is 0.856 e. The molecular formula is C14H13AlF2O2. The second-order valence-electron chi connectivity index (χ2n) is 3.98. The fourth-order valence-electron chi connectivity index (χ4n) is 1.52. The third-order valence-corrected chi connectivity index (χ3v) is 4.23. The van der Waals surface area contributed by atoms with Gasteiger partial charge in [0.15, 0.2) is 0 Å². The summed E-state index contributed by atoms with van der Waals surface area (Å²) < 4.78 is 37.0. The minimum atomic E-state index is -1.94. The Morgan fingerprint density at radius 3 is 1.47 bits per heavy atom. The van der Waals surface area contributed by atoms with Crippen LogP contribution < -0.4 is 7.58 Å². The monoisotopic (exact) mass is 278 g/mol. The van der Waals surface area contributed by atoms with Crippen molar-refractivity contribution in [2.45, 2.75) is 12.2 Å². The van der Waals surface area contributed by atoms with E-state index in [-0.39, 0.29) is 11.6 Å². The van der Waals surface area contributed by atoms with Gasteiger partial charge in [-0.05, 0) is 53.8 Å². The first-order chi connectivity index (χ1) is 9.17. The van der Waals surface area contributed by atoms with Crippen molar-refractivity contribution in [3.05, 3.63) is 60.2 Å². The van der Waals surface area contributed by atoms with Gasteiger partial charge in [0.1, 0.15) is 11.6 Å². The van der Waals surface area contributed by atoms with Gasteiger partial charge >= 0.3 is 14.8 Å². The Bertz CT molecular complexity index is 466. The normalized spacial score (nSPS) is 10.1. The lowest BCUT2D eigenvalue weighted by atomic mass is 10.3. The van der Waals surface area contributed by atoms with Gasteiger partial charge in [-0.1, -0.05) is 6.92 Å². The third kappa shape index (κ3) is 4.23. The summed E-state index contributed by atoms with van der Waals surface area (Å²) in [6.45, 7) is 1.96. The zero-order valence-corrected chi connectivity index (χ0v) is 11.6. The average molecular weight is 278 g/mol. The molecule has 19 heavy (non-hydrogen) atoms. The maximum absolute atomic E-state index is 12.8. The van der Waals surface area contributed by atoms with E-state index in [1.165, 1.54) is 24.3 Å². The van der Waals surface area contributed by atoms with Gasteiger partial charge in [-0.3, -0.25) is 0 Å². The Morgan fingerprint density at radius 1 is 0.789 bits per heavy atom. The van der Waals surface area contributed by atoms with Crippen molar-refractivity contribution < 1.29 is 16.4 Å². The second kappa shape index (κ2) is 6.56. The maximum atomic E-state index is 12.8. The van der Waals surface area contributed by atoms with Gasteiger partial charge in [-0.15, -0.1) is 0 Å². The summed E-state index contributed by atoms with van der Waals surface area (Å²) in [5.41, 5.74) is 0. The molecule has 0 aliphatic carbocycles. The standard InChI is InChI=1S/2C6H5FO.C2H5.Al/c2*7-5-1-3-6(8)4-2-5;1-2;/h2*1-4,8H;1H2,2H3;/q;;;+2/p-2. The van der Waals surface area contributed by atoms with Crippen LogP contribution in [-0.4, -0.2) is 14.8 Å². The molecule has 0 bridgehead atoms. The number of benzene rings is 2. The summed E-state index contributed by atoms with van der Waals surface area (Å²) in [5.74, 6) is 0.562. The van der Waals surface area contributed by atoms with E-state index in [4.69, 9.17) is 7.58 Å². The third-order valence-electron chi connectivity index (χ3n) is 2.50. The highest BCUT2D eigenvalue weighted by atomic mass is 27.2. The molecule has 0 atom stereocenters. The molecule has 98 valence electrons. The van der Waals surface area contributed by atoms with E-state index < -0.39 is 14.8 Å². The minimum absolute atomic E-state index is 0.304. The Kier molecular flexibility index (Phi) is 4.78. The van der Waals surface area contributed by atoms with Crippen molar-refractivity contribution in [2.24, 2.45) is 0 Å². The summed E-state index contributed by atoms with van der Waals surface area (Å²) in [5, 5.41) is 0.745. The molecule has 0 saturated carbocycles. The number of hydrogen-bond acceptors (Lipinski definition) is 2. The highest BCUT2D eigenvalue weighted by Gasteiger charge is 2.29. The van der Waals surface area contributed by atoms with Crippen LogP contribution in [0.2, 0.25) is 5.28 Å². The highest BCUT2D eigenvalue weighted by Crippen LogP contribution is 2.17. The van der Waals surface area contributed by atoms with Crippen molar-refractivity contribution in [2.75, 3.05) is 0 Å². The molecule has 0 radical (unpaired) electrons. The largest absolute Gasteiger partial charge is 0.856 e. The Balaban J connectivity index is 2.00. The molecule has 0 fully saturated rings. The lowest BCUT2D eigenvalue weighted by Gasteiger charge is -2.15. The fraction of sp³-hybridized carbons (Fsp3) is 0.143. The number of halogens is 2. The van der Waals surface area contributed by atoms with Crippen LogP contribution in [0.15, 0.2) is 48.5 Å². The lowest BCUT2D eigenvalue weighted by Crippen LogP contribution is -2.28. The van der Waals surface area contributed by atoms with E-state index >= 15 is 0 Å². The quantitative estimate of drug-likeness (QED) is 0.771. The summed E-state index contributed by atoms with van der Waals surface area (Å²) in [7, 11) is 0. The van der Waals surface area contributed by atoms with E-state index in [9.17, 15) is 8.78 Å². The van der Waals surface area contributed by atoms with Crippen molar-refractivity contribution in [3.63, 3.8) is 0 Å². The Morgan fingerprint density at radius 2 is 1.16 bits per heavy atom. The molecule has 2 aromatic carbocycles. The molecular weight excluding hydrogens is 265 g/mol. The fourth-order valence-corrected chi connectivity index (χ4v) is 2.82.